The lowest BCUT2D eigenvalue weighted by molar-refractivity contribution is -0.149. The van der Waals surface area contributed by atoms with E-state index in [2.05, 4.69) is 29.6 Å². The molecule has 7 nitrogen and oxygen atoms in total. The molecule has 2 aromatic carbocycles. The van der Waals surface area contributed by atoms with Crippen LogP contribution in [0.1, 0.15) is 51.2 Å². The highest BCUT2D eigenvalue weighted by molar-refractivity contribution is 5.87. The summed E-state index contributed by atoms with van der Waals surface area (Å²) in [4.78, 5) is 39.5. The van der Waals surface area contributed by atoms with Crippen molar-refractivity contribution < 1.29 is 24.2 Å². The third-order valence-corrected chi connectivity index (χ3v) is 7.31. The zero-order valence-electron chi connectivity index (χ0n) is 20.8. The van der Waals surface area contributed by atoms with Gasteiger partial charge in [-0.2, -0.15) is 0 Å². The molecule has 1 fully saturated rings. The molecular formula is C28H34N2O5. The molecule has 0 saturated carbocycles. The zero-order valence-corrected chi connectivity index (χ0v) is 20.8. The molecule has 1 saturated heterocycles. The molecule has 2 aromatic rings. The second kappa shape index (κ2) is 9.72. The summed E-state index contributed by atoms with van der Waals surface area (Å²) in [5, 5.41) is 12.3. The number of alkyl carbamates (subject to hydrolysis) is 1. The Morgan fingerprint density at radius 2 is 1.63 bits per heavy atom. The molecule has 2 N–H and O–H groups in total. The van der Waals surface area contributed by atoms with E-state index in [4.69, 9.17) is 4.74 Å². The molecule has 7 heteroatoms. The number of aliphatic carboxylic acids is 1. The first-order valence-corrected chi connectivity index (χ1v) is 12.2. The molecule has 1 aliphatic carbocycles. The van der Waals surface area contributed by atoms with E-state index in [0.29, 0.717) is 13.0 Å². The number of likely N-dealkylation sites (tertiary alicyclic amines) is 1. The van der Waals surface area contributed by atoms with Crippen LogP contribution >= 0.6 is 0 Å². The first kappa shape index (κ1) is 24.8. The zero-order chi connectivity index (χ0) is 25.3. The second-order valence-corrected chi connectivity index (χ2v) is 10.8. The van der Waals surface area contributed by atoms with Crippen molar-refractivity contribution in [1.82, 2.24) is 10.2 Å². The number of carboxylic acids is 1. The van der Waals surface area contributed by atoms with Crippen LogP contribution in [-0.4, -0.2) is 53.7 Å². The van der Waals surface area contributed by atoms with E-state index >= 15 is 0 Å². The standard InChI is InChI=1S/C28H34N2O5/c1-17-13-14-30(15-22(17)26(32)33)25(31)24(28(2,3)4)29-27(34)35-16-23-20-11-7-5-9-18(20)19-10-6-8-12-21(19)23/h5-12,17,22-24H,13-16H2,1-4H3,(H,29,34)(H,32,33)/t17?,22?,24-/m1/s1. The molecule has 0 radical (unpaired) electrons. The molecule has 35 heavy (non-hydrogen) atoms. The highest BCUT2D eigenvalue weighted by Gasteiger charge is 2.40. The van der Waals surface area contributed by atoms with Crippen molar-refractivity contribution in [1.29, 1.82) is 0 Å². The SMILES string of the molecule is CC1CCN(C(=O)[C@@H](NC(=O)OCC2c3ccccc3-c3ccccc32)C(C)(C)C)CC1C(=O)O. The average molecular weight is 479 g/mol. The van der Waals surface area contributed by atoms with Crippen LogP contribution in [0, 0.1) is 17.3 Å². The van der Waals surface area contributed by atoms with Gasteiger partial charge < -0.3 is 20.1 Å². The quantitative estimate of drug-likeness (QED) is 0.659. The molecule has 2 unspecified atom stereocenters. The maximum atomic E-state index is 13.4. The Morgan fingerprint density at radius 1 is 1.06 bits per heavy atom. The van der Waals surface area contributed by atoms with E-state index < -0.39 is 29.4 Å². The fraction of sp³-hybridized carbons (Fsp3) is 0.464. The maximum absolute atomic E-state index is 13.4. The van der Waals surface area contributed by atoms with Crippen molar-refractivity contribution >= 4 is 18.0 Å². The van der Waals surface area contributed by atoms with Gasteiger partial charge in [-0.05, 0) is 40.0 Å². The molecule has 0 spiro atoms. The molecule has 0 aromatic heterocycles. The summed E-state index contributed by atoms with van der Waals surface area (Å²) >= 11 is 0. The molecule has 186 valence electrons. The summed E-state index contributed by atoms with van der Waals surface area (Å²) in [5.41, 5.74) is 3.95. The van der Waals surface area contributed by atoms with Gasteiger partial charge in [-0.1, -0.05) is 76.2 Å². The van der Waals surface area contributed by atoms with Crippen molar-refractivity contribution in [2.45, 2.75) is 46.1 Å². The lowest BCUT2D eigenvalue weighted by atomic mass is 9.83. The molecule has 1 heterocycles. The predicted octanol–water partition coefficient (Wildman–Crippen LogP) is 4.51. The van der Waals surface area contributed by atoms with Crippen LogP contribution in [0.4, 0.5) is 4.79 Å². The van der Waals surface area contributed by atoms with Crippen LogP contribution in [0.3, 0.4) is 0 Å². The Hall–Kier alpha value is -3.35. The van der Waals surface area contributed by atoms with Gasteiger partial charge >= 0.3 is 12.1 Å². The van der Waals surface area contributed by atoms with Crippen LogP contribution in [0.2, 0.25) is 0 Å². The lowest BCUT2D eigenvalue weighted by Crippen LogP contribution is -2.57. The number of benzene rings is 2. The maximum Gasteiger partial charge on any atom is 0.407 e. The number of fused-ring (bicyclic) bond motifs is 3. The molecule has 2 aliphatic rings. The largest absolute Gasteiger partial charge is 0.481 e. The highest BCUT2D eigenvalue weighted by Crippen LogP contribution is 2.44. The van der Waals surface area contributed by atoms with Gasteiger partial charge in [0.15, 0.2) is 0 Å². The van der Waals surface area contributed by atoms with Gasteiger partial charge in [0.05, 0.1) is 5.92 Å². The normalized spacial score (nSPS) is 20.5. The number of nitrogens with one attached hydrogen (secondary N) is 1. The third kappa shape index (κ3) is 5.04. The summed E-state index contributed by atoms with van der Waals surface area (Å²) in [7, 11) is 0. The van der Waals surface area contributed by atoms with Crippen molar-refractivity contribution in [2.24, 2.45) is 17.3 Å². The van der Waals surface area contributed by atoms with Gasteiger partial charge in [0, 0.05) is 19.0 Å². The lowest BCUT2D eigenvalue weighted by Gasteiger charge is -2.39. The highest BCUT2D eigenvalue weighted by atomic mass is 16.5. The Kier molecular flexibility index (Phi) is 6.88. The molecule has 1 aliphatic heterocycles. The fourth-order valence-electron chi connectivity index (χ4n) is 5.18. The van der Waals surface area contributed by atoms with Crippen molar-refractivity contribution in [3.8, 4) is 11.1 Å². The molecule has 0 bridgehead atoms. The average Bonchev–Trinajstić information content (AvgIpc) is 3.14. The van der Waals surface area contributed by atoms with Crippen LogP contribution in [0.5, 0.6) is 0 Å². The topological polar surface area (TPSA) is 95.9 Å². The van der Waals surface area contributed by atoms with Gasteiger partial charge in [-0.15, -0.1) is 0 Å². The van der Waals surface area contributed by atoms with Crippen LogP contribution in [0.25, 0.3) is 11.1 Å². The monoisotopic (exact) mass is 478 g/mol. The van der Waals surface area contributed by atoms with Gasteiger partial charge in [0.2, 0.25) is 5.91 Å². The van der Waals surface area contributed by atoms with E-state index in [0.717, 1.165) is 22.3 Å². The number of ether oxygens (including phenoxy) is 1. The molecule has 4 rings (SSSR count). The van der Waals surface area contributed by atoms with E-state index in [1.807, 2.05) is 52.0 Å². The minimum Gasteiger partial charge on any atom is -0.481 e. The Morgan fingerprint density at radius 3 is 2.17 bits per heavy atom. The number of nitrogens with zero attached hydrogens (tertiary/aromatic N) is 1. The summed E-state index contributed by atoms with van der Waals surface area (Å²) in [6.45, 7) is 8.31. The fourth-order valence-corrected chi connectivity index (χ4v) is 5.18. The van der Waals surface area contributed by atoms with Gasteiger partial charge in [0.1, 0.15) is 12.6 Å². The first-order chi connectivity index (χ1) is 16.6. The van der Waals surface area contributed by atoms with Crippen molar-refractivity contribution in [3.05, 3.63) is 59.7 Å². The molecule has 3 atom stereocenters. The first-order valence-electron chi connectivity index (χ1n) is 12.2. The number of carbonyl (C=O) groups is 3. The minimum atomic E-state index is -0.896. The predicted molar refractivity (Wildman–Crippen MR) is 133 cm³/mol. The van der Waals surface area contributed by atoms with E-state index in [-0.39, 0.29) is 30.9 Å². The van der Waals surface area contributed by atoms with Crippen molar-refractivity contribution in [3.63, 3.8) is 0 Å². The molecule has 2 amide bonds. The number of piperidine rings is 1. The third-order valence-electron chi connectivity index (χ3n) is 7.31. The number of hydrogen-bond donors (Lipinski definition) is 2. The number of amides is 2. The summed E-state index contributed by atoms with van der Waals surface area (Å²) in [5.74, 6) is -1.85. The Labute approximate surface area is 206 Å². The van der Waals surface area contributed by atoms with Crippen LogP contribution in [0.15, 0.2) is 48.5 Å². The number of hydrogen-bond acceptors (Lipinski definition) is 4. The number of carboxylic acid groups (broad SMARTS) is 1. The minimum absolute atomic E-state index is 0.000252. The number of rotatable bonds is 5. The number of carbonyl (C=O) groups excluding carboxylic acids is 2. The van der Waals surface area contributed by atoms with E-state index in [9.17, 15) is 19.5 Å². The smallest absolute Gasteiger partial charge is 0.407 e. The Bertz CT molecular complexity index is 1080. The molecular weight excluding hydrogens is 444 g/mol. The van der Waals surface area contributed by atoms with Crippen molar-refractivity contribution in [2.75, 3.05) is 19.7 Å². The van der Waals surface area contributed by atoms with Gasteiger partial charge in [-0.25, -0.2) is 4.79 Å². The second-order valence-electron chi connectivity index (χ2n) is 10.8. The Balaban J connectivity index is 1.45. The summed E-state index contributed by atoms with van der Waals surface area (Å²) < 4.78 is 5.66. The van der Waals surface area contributed by atoms with E-state index in [1.54, 1.807) is 4.90 Å². The van der Waals surface area contributed by atoms with Gasteiger partial charge in [-0.3, -0.25) is 9.59 Å². The summed E-state index contributed by atoms with van der Waals surface area (Å²) in [6.07, 6.45) is -0.0369. The van der Waals surface area contributed by atoms with E-state index in [1.165, 1.54) is 0 Å². The van der Waals surface area contributed by atoms with Gasteiger partial charge in [0.25, 0.3) is 0 Å². The van der Waals surface area contributed by atoms with Crippen LogP contribution < -0.4 is 5.32 Å². The van der Waals surface area contributed by atoms with Crippen LogP contribution in [-0.2, 0) is 14.3 Å². The summed E-state index contributed by atoms with van der Waals surface area (Å²) in [6, 6.07) is 15.4.